The Morgan fingerprint density at radius 2 is 2.12 bits per heavy atom. The van der Waals surface area contributed by atoms with E-state index in [9.17, 15) is 9.59 Å². The molecule has 3 heterocycles. The number of anilines is 1. The summed E-state index contributed by atoms with van der Waals surface area (Å²) in [7, 11) is 5.36. The third kappa shape index (κ3) is 3.81. The smallest absolute Gasteiger partial charge is 0.291 e. The van der Waals surface area contributed by atoms with Crippen LogP contribution in [0.1, 0.15) is 36.6 Å². The number of nitrogens with one attached hydrogen (secondary N) is 1. The van der Waals surface area contributed by atoms with Gasteiger partial charge in [-0.1, -0.05) is 13.8 Å². The average Bonchev–Trinajstić information content (AvgIpc) is 3.04. The van der Waals surface area contributed by atoms with Gasteiger partial charge in [-0.25, -0.2) is 14.6 Å². The van der Waals surface area contributed by atoms with Gasteiger partial charge in [0.25, 0.3) is 5.56 Å². The van der Waals surface area contributed by atoms with Crippen LogP contribution in [0.5, 0.6) is 0 Å². The van der Waals surface area contributed by atoms with E-state index in [4.69, 9.17) is 0 Å². The van der Waals surface area contributed by atoms with Crippen molar-refractivity contribution in [1.82, 2.24) is 24.1 Å². The van der Waals surface area contributed by atoms with Gasteiger partial charge in [-0.05, 0) is 17.7 Å². The minimum absolute atomic E-state index is 0.0852. The molecule has 0 fully saturated rings. The van der Waals surface area contributed by atoms with Gasteiger partial charge in [0.1, 0.15) is 30.0 Å². The molecule has 1 amide bonds. The van der Waals surface area contributed by atoms with Crippen molar-refractivity contribution >= 4 is 35.7 Å². The molecule has 0 spiro atoms. The van der Waals surface area contributed by atoms with Gasteiger partial charge < -0.3 is 5.32 Å². The quantitative estimate of drug-likeness (QED) is 0.671. The summed E-state index contributed by atoms with van der Waals surface area (Å²) in [4.78, 5) is 32.8. The molecule has 3 aromatic rings. The van der Waals surface area contributed by atoms with Gasteiger partial charge in [-0.2, -0.15) is 5.10 Å². The Morgan fingerprint density at radius 1 is 1.35 bits per heavy atom. The molecule has 136 valence electrons. The molecule has 0 aromatic carbocycles. The Morgan fingerprint density at radius 3 is 2.73 bits per heavy atom. The standard InChI is InChI=1S/C16H20N6O2P2/c1-9(2)14-20-22(7-13(23)19-12-3-4-17-8-18-12)15(24)11-5-10(16(25)26)6-21(11)14/h3-6,8-9,16H,7,25-26H2,1-2H3,(H,17,18,19,23). The zero-order valence-corrected chi connectivity index (χ0v) is 16.8. The maximum Gasteiger partial charge on any atom is 0.291 e. The zero-order chi connectivity index (χ0) is 18.8. The van der Waals surface area contributed by atoms with Crippen LogP contribution in [-0.4, -0.2) is 30.1 Å². The van der Waals surface area contributed by atoms with E-state index in [2.05, 4.69) is 38.9 Å². The largest absolute Gasteiger partial charge is 0.309 e. The summed E-state index contributed by atoms with van der Waals surface area (Å²) in [5, 5.41) is 7.18. The van der Waals surface area contributed by atoms with Gasteiger partial charge in [0.15, 0.2) is 0 Å². The van der Waals surface area contributed by atoms with Crippen LogP contribution >= 0.6 is 18.5 Å². The lowest BCUT2D eigenvalue weighted by atomic mass is 10.2. The Bertz CT molecular complexity index is 997. The Labute approximate surface area is 154 Å². The van der Waals surface area contributed by atoms with Crippen molar-refractivity contribution in [1.29, 1.82) is 0 Å². The number of amides is 1. The lowest BCUT2D eigenvalue weighted by Crippen LogP contribution is -2.32. The number of fused-ring (bicyclic) bond motifs is 1. The molecule has 0 aliphatic heterocycles. The van der Waals surface area contributed by atoms with Crippen LogP contribution < -0.4 is 10.9 Å². The van der Waals surface area contributed by atoms with E-state index in [1.54, 1.807) is 6.07 Å². The maximum absolute atomic E-state index is 12.8. The van der Waals surface area contributed by atoms with Gasteiger partial charge in [-0.3, -0.25) is 14.0 Å². The molecule has 0 radical (unpaired) electrons. The fourth-order valence-electron chi connectivity index (χ4n) is 2.55. The maximum atomic E-state index is 12.8. The van der Waals surface area contributed by atoms with Crippen molar-refractivity contribution < 1.29 is 4.79 Å². The lowest BCUT2D eigenvalue weighted by molar-refractivity contribution is -0.117. The van der Waals surface area contributed by atoms with Crippen LogP contribution in [0.4, 0.5) is 5.82 Å². The van der Waals surface area contributed by atoms with Gasteiger partial charge in [0.2, 0.25) is 5.91 Å². The highest BCUT2D eigenvalue weighted by Gasteiger charge is 2.17. The van der Waals surface area contributed by atoms with Crippen molar-refractivity contribution in [2.75, 3.05) is 5.32 Å². The van der Waals surface area contributed by atoms with Crippen LogP contribution in [-0.2, 0) is 11.3 Å². The highest BCUT2D eigenvalue weighted by molar-refractivity contribution is 7.37. The molecule has 2 unspecified atom stereocenters. The minimum Gasteiger partial charge on any atom is -0.309 e. The molecule has 1 N–H and O–H groups in total. The molecule has 26 heavy (non-hydrogen) atoms. The van der Waals surface area contributed by atoms with E-state index in [0.717, 1.165) is 11.4 Å². The summed E-state index contributed by atoms with van der Waals surface area (Å²) in [5.41, 5.74) is 1.18. The van der Waals surface area contributed by atoms with Crippen LogP contribution in [0, 0.1) is 0 Å². The van der Waals surface area contributed by atoms with E-state index >= 15 is 0 Å². The molecular weight excluding hydrogens is 370 g/mol. The summed E-state index contributed by atoms with van der Waals surface area (Å²) in [6, 6.07) is 3.41. The SMILES string of the molecule is CC(C)c1nn(CC(=O)Nc2ccncn2)c(=O)c2cc(C(P)P)cn12. The van der Waals surface area contributed by atoms with Gasteiger partial charge in [-0.15, -0.1) is 18.5 Å². The molecule has 3 aromatic heterocycles. The second-order valence-electron chi connectivity index (χ2n) is 6.17. The van der Waals surface area contributed by atoms with Crippen LogP contribution in [0.15, 0.2) is 35.6 Å². The summed E-state index contributed by atoms with van der Waals surface area (Å²) in [6.07, 6.45) is 4.78. The molecule has 10 heteroatoms. The lowest BCUT2D eigenvalue weighted by Gasteiger charge is -2.12. The predicted octanol–water partition coefficient (Wildman–Crippen LogP) is 1.80. The zero-order valence-electron chi connectivity index (χ0n) is 14.5. The molecule has 2 atom stereocenters. The van der Waals surface area contributed by atoms with Crippen molar-refractivity contribution in [3.63, 3.8) is 0 Å². The second kappa shape index (κ2) is 7.60. The van der Waals surface area contributed by atoms with E-state index in [-0.39, 0.29) is 29.3 Å². The van der Waals surface area contributed by atoms with Gasteiger partial charge in [0, 0.05) is 23.7 Å². The normalized spacial score (nSPS) is 11.5. The third-order valence-electron chi connectivity index (χ3n) is 3.81. The summed E-state index contributed by atoms with van der Waals surface area (Å²) < 4.78 is 3.01. The van der Waals surface area contributed by atoms with E-state index in [1.807, 2.05) is 30.5 Å². The molecule has 0 bridgehead atoms. The summed E-state index contributed by atoms with van der Waals surface area (Å²) in [6.45, 7) is 3.80. The molecule has 8 nitrogen and oxygen atoms in total. The fraction of sp³-hybridized carbons (Fsp3) is 0.312. The van der Waals surface area contributed by atoms with Gasteiger partial charge >= 0.3 is 0 Å². The Balaban J connectivity index is 1.99. The fourth-order valence-corrected chi connectivity index (χ4v) is 2.92. The topological polar surface area (TPSA) is 94.2 Å². The molecule has 0 saturated heterocycles. The first kappa shape index (κ1) is 18.6. The van der Waals surface area contributed by atoms with Crippen molar-refractivity contribution in [3.8, 4) is 0 Å². The number of hydrogen-bond acceptors (Lipinski definition) is 5. The van der Waals surface area contributed by atoms with Crippen molar-refractivity contribution in [2.24, 2.45) is 0 Å². The number of nitrogens with zero attached hydrogens (tertiary/aromatic N) is 5. The first-order chi connectivity index (χ1) is 12.4. The predicted molar refractivity (Wildman–Crippen MR) is 106 cm³/mol. The molecular formula is C16H20N6O2P2. The van der Waals surface area contributed by atoms with E-state index in [1.165, 1.54) is 17.2 Å². The third-order valence-corrected chi connectivity index (χ3v) is 4.58. The number of carbonyl (C=O) groups is 1. The summed E-state index contributed by atoms with van der Waals surface area (Å²) in [5.74, 6) is 0.805. The number of aromatic nitrogens is 5. The monoisotopic (exact) mass is 390 g/mol. The van der Waals surface area contributed by atoms with E-state index < -0.39 is 0 Å². The average molecular weight is 390 g/mol. The first-order valence-corrected chi connectivity index (χ1v) is 9.40. The van der Waals surface area contributed by atoms with Crippen LogP contribution in [0.3, 0.4) is 0 Å². The van der Waals surface area contributed by atoms with Crippen molar-refractivity contribution in [2.45, 2.75) is 31.7 Å². The molecule has 0 aliphatic rings. The number of carbonyl (C=O) groups excluding carboxylic acids is 1. The molecule has 3 rings (SSSR count). The highest BCUT2D eigenvalue weighted by atomic mass is 31.1. The Kier molecular flexibility index (Phi) is 5.44. The van der Waals surface area contributed by atoms with Crippen LogP contribution in [0.2, 0.25) is 0 Å². The van der Waals surface area contributed by atoms with Crippen molar-refractivity contribution in [3.05, 3.63) is 52.6 Å². The Hall–Kier alpha value is -2.17. The van der Waals surface area contributed by atoms with Gasteiger partial charge in [0.05, 0.1) is 0 Å². The number of rotatable bonds is 5. The second-order valence-corrected chi connectivity index (χ2v) is 8.38. The van der Waals surface area contributed by atoms with Crippen LogP contribution in [0.25, 0.3) is 5.52 Å². The minimum atomic E-state index is -0.376. The molecule has 0 aliphatic carbocycles. The molecule has 0 saturated carbocycles. The number of hydrogen-bond donors (Lipinski definition) is 1. The summed E-state index contributed by atoms with van der Waals surface area (Å²) >= 11 is 0. The first-order valence-electron chi connectivity index (χ1n) is 8.07. The van der Waals surface area contributed by atoms with E-state index in [0.29, 0.717) is 11.3 Å². The highest BCUT2D eigenvalue weighted by Crippen LogP contribution is 2.31.